The molecule has 1 rings (SSSR count). The average molecular weight is 259 g/mol. The zero-order valence-corrected chi connectivity index (χ0v) is 11.5. The molecule has 18 heavy (non-hydrogen) atoms. The van der Waals surface area contributed by atoms with Gasteiger partial charge in [0.1, 0.15) is 0 Å². The van der Waals surface area contributed by atoms with E-state index in [0.29, 0.717) is 19.8 Å². The SMILES string of the molecule is CCC1(C(=O)O)CCN(CCOCCOC)CC1. The quantitative estimate of drug-likeness (QED) is 0.664. The van der Waals surface area contributed by atoms with Crippen LogP contribution < -0.4 is 0 Å². The van der Waals surface area contributed by atoms with Gasteiger partial charge in [-0.3, -0.25) is 4.79 Å². The number of ether oxygens (including phenoxy) is 2. The van der Waals surface area contributed by atoms with E-state index in [1.165, 1.54) is 0 Å². The fourth-order valence-electron chi connectivity index (χ4n) is 2.36. The maximum Gasteiger partial charge on any atom is 0.309 e. The summed E-state index contributed by atoms with van der Waals surface area (Å²) in [6.07, 6.45) is 2.22. The Morgan fingerprint density at radius 3 is 2.44 bits per heavy atom. The third-order valence-corrected chi connectivity index (χ3v) is 3.93. The molecular weight excluding hydrogens is 234 g/mol. The number of rotatable bonds is 8. The highest BCUT2D eigenvalue weighted by Gasteiger charge is 2.39. The molecule has 1 heterocycles. The molecule has 1 aliphatic heterocycles. The second-order valence-corrected chi connectivity index (χ2v) is 4.89. The normalized spacial score (nSPS) is 19.9. The second-order valence-electron chi connectivity index (χ2n) is 4.89. The molecule has 0 bridgehead atoms. The molecular formula is C13H25NO4. The van der Waals surface area contributed by atoms with Crippen molar-refractivity contribution in [3.63, 3.8) is 0 Å². The van der Waals surface area contributed by atoms with Crippen molar-refractivity contribution in [2.75, 3.05) is 46.6 Å². The molecule has 0 unspecified atom stereocenters. The van der Waals surface area contributed by atoms with Crippen LogP contribution in [0.25, 0.3) is 0 Å². The summed E-state index contributed by atoms with van der Waals surface area (Å²) in [6.45, 7) is 6.49. The molecule has 0 amide bonds. The standard InChI is InChI=1S/C13H25NO4/c1-3-13(12(15)16)4-6-14(7-5-13)8-9-18-11-10-17-2/h3-11H2,1-2H3,(H,15,16). The lowest BCUT2D eigenvalue weighted by Crippen LogP contribution is -2.45. The molecule has 5 heteroatoms. The van der Waals surface area contributed by atoms with Crippen LogP contribution in [0.4, 0.5) is 0 Å². The van der Waals surface area contributed by atoms with E-state index >= 15 is 0 Å². The number of carboxylic acid groups (broad SMARTS) is 1. The number of methoxy groups -OCH3 is 1. The number of hydrogen-bond donors (Lipinski definition) is 1. The molecule has 106 valence electrons. The minimum Gasteiger partial charge on any atom is -0.481 e. The Morgan fingerprint density at radius 1 is 1.28 bits per heavy atom. The number of carbonyl (C=O) groups is 1. The molecule has 0 aromatic rings. The highest BCUT2D eigenvalue weighted by molar-refractivity contribution is 5.74. The Labute approximate surface area is 109 Å². The van der Waals surface area contributed by atoms with Crippen LogP contribution in [-0.2, 0) is 14.3 Å². The number of nitrogens with zero attached hydrogens (tertiary/aromatic N) is 1. The summed E-state index contributed by atoms with van der Waals surface area (Å²) in [5.74, 6) is -0.638. The summed E-state index contributed by atoms with van der Waals surface area (Å²) in [6, 6.07) is 0. The Kier molecular flexibility index (Phi) is 6.60. The fraction of sp³-hybridized carbons (Fsp3) is 0.923. The van der Waals surface area contributed by atoms with E-state index < -0.39 is 11.4 Å². The number of aliphatic carboxylic acids is 1. The van der Waals surface area contributed by atoms with E-state index in [-0.39, 0.29) is 0 Å². The van der Waals surface area contributed by atoms with Crippen molar-refractivity contribution in [3.05, 3.63) is 0 Å². The Bertz CT molecular complexity index is 249. The van der Waals surface area contributed by atoms with Gasteiger partial charge in [0.15, 0.2) is 0 Å². The van der Waals surface area contributed by atoms with Gasteiger partial charge in [-0.1, -0.05) is 6.92 Å². The zero-order valence-electron chi connectivity index (χ0n) is 11.5. The highest BCUT2D eigenvalue weighted by atomic mass is 16.5. The maximum atomic E-state index is 11.3. The van der Waals surface area contributed by atoms with Gasteiger partial charge in [0.2, 0.25) is 0 Å². The Morgan fingerprint density at radius 2 is 1.94 bits per heavy atom. The van der Waals surface area contributed by atoms with E-state index in [9.17, 15) is 9.90 Å². The molecule has 1 fully saturated rings. The third kappa shape index (κ3) is 4.23. The first-order valence-corrected chi connectivity index (χ1v) is 6.67. The maximum absolute atomic E-state index is 11.3. The molecule has 1 saturated heterocycles. The summed E-state index contributed by atoms with van der Waals surface area (Å²) >= 11 is 0. The number of hydrogen-bond acceptors (Lipinski definition) is 4. The van der Waals surface area contributed by atoms with Gasteiger partial charge in [-0.2, -0.15) is 0 Å². The van der Waals surface area contributed by atoms with Crippen molar-refractivity contribution < 1.29 is 19.4 Å². The zero-order chi connectivity index (χ0) is 13.4. The van der Waals surface area contributed by atoms with Crippen LogP contribution in [0, 0.1) is 5.41 Å². The largest absolute Gasteiger partial charge is 0.481 e. The molecule has 5 nitrogen and oxygen atoms in total. The second kappa shape index (κ2) is 7.71. The first kappa shape index (κ1) is 15.4. The summed E-state index contributed by atoms with van der Waals surface area (Å²) in [5, 5.41) is 9.29. The molecule has 0 atom stereocenters. The lowest BCUT2D eigenvalue weighted by molar-refractivity contribution is -0.152. The van der Waals surface area contributed by atoms with Crippen LogP contribution in [-0.4, -0.2) is 62.5 Å². The molecule has 0 spiro atoms. The van der Waals surface area contributed by atoms with Gasteiger partial charge in [-0.25, -0.2) is 0 Å². The predicted molar refractivity (Wildman–Crippen MR) is 68.7 cm³/mol. The molecule has 0 aromatic heterocycles. The van der Waals surface area contributed by atoms with Crippen molar-refractivity contribution in [3.8, 4) is 0 Å². The first-order chi connectivity index (χ1) is 8.64. The van der Waals surface area contributed by atoms with Crippen LogP contribution in [0.1, 0.15) is 26.2 Å². The molecule has 0 aliphatic carbocycles. The number of piperidine rings is 1. The minimum absolute atomic E-state index is 0.493. The fourth-order valence-corrected chi connectivity index (χ4v) is 2.36. The van der Waals surface area contributed by atoms with E-state index in [0.717, 1.165) is 38.9 Å². The molecule has 1 N–H and O–H groups in total. The number of carboxylic acids is 1. The van der Waals surface area contributed by atoms with Crippen LogP contribution in [0.2, 0.25) is 0 Å². The molecule has 1 aliphatic rings. The topological polar surface area (TPSA) is 59.0 Å². The number of likely N-dealkylation sites (tertiary alicyclic amines) is 1. The van der Waals surface area contributed by atoms with Gasteiger partial charge < -0.3 is 19.5 Å². The van der Waals surface area contributed by atoms with Crippen LogP contribution in [0.15, 0.2) is 0 Å². The van der Waals surface area contributed by atoms with Crippen LogP contribution in [0.3, 0.4) is 0 Å². The van der Waals surface area contributed by atoms with Gasteiger partial charge >= 0.3 is 5.97 Å². The van der Waals surface area contributed by atoms with Gasteiger partial charge in [-0.15, -0.1) is 0 Å². The summed E-state index contributed by atoms with van der Waals surface area (Å²) in [7, 11) is 1.66. The van der Waals surface area contributed by atoms with Crippen molar-refractivity contribution >= 4 is 5.97 Å². The van der Waals surface area contributed by atoms with Gasteiger partial charge in [0.25, 0.3) is 0 Å². The lowest BCUT2D eigenvalue weighted by Gasteiger charge is -2.38. The van der Waals surface area contributed by atoms with Gasteiger partial charge in [0.05, 0.1) is 25.2 Å². The molecule has 0 radical (unpaired) electrons. The minimum atomic E-state index is -0.638. The van der Waals surface area contributed by atoms with E-state index in [1.54, 1.807) is 7.11 Å². The Balaban J connectivity index is 2.20. The van der Waals surface area contributed by atoms with Gasteiger partial charge in [0, 0.05) is 13.7 Å². The van der Waals surface area contributed by atoms with Crippen molar-refractivity contribution in [1.29, 1.82) is 0 Å². The van der Waals surface area contributed by atoms with E-state index in [2.05, 4.69) is 4.90 Å². The van der Waals surface area contributed by atoms with Gasteiger partial charge in [-0.05, 0) is 32.4 Å². The average Bonchev–Trinajstić information content (AvgIpc) is 2.39. The first-order valence-electron chi connectivity index (χ1n) is 6.67. The summed E-state index contributed by atoms with van der Waals surface area (Å²) in [4.78, 5) is 13.6. The summed E-state index contributed by atoms with van der Waals surface area (Å²) in [5.41, 5.74) is -0.493. The molecule has 0 aromatic carbocycles. The van der Waals surface area contributed by atoms with Crippen LogP contribution in [0.5, 0.6) is 0 Å². The van der Waals surface area contributed by atoms with Crippen molar-refractivity contribution in [1.82, 2.24) is 4.90 Å². The predicted octanol–water partition coefficient (Wildman–Crippen LogP) is 1.23. The Hall–Kier alpha value is -0.650. The lowest BCUT2D eigenvalue weighted by atomic mass is 9.76. The third-order valence-electron chi connectivity index (χ3n) is 3.93. The summed E-state index contributed by atoms with van der Waals surface area (Å²) < 4.78 is 10.3. The van der Waals surface area contributed by atoms with Crippen molar-refractivity contribution in [2.24, 2.45) is 5.41 Å². The van der Waals surface area contributed by atoms with E-state index in [4.69, 9.17) is 9.47 Å². The van der Waals surface area contributed by atoms with Crippen LogP contribution >= 0.6 is 0 Å². The molecule has 0 saturated carbocycles. The van der Waals surface area contributed by atoms with Crippen molar-refractivity contribution in [2.45, 2.75) is 26.2 Å². The van der Waals surface area contributed by atoms with E-state index in [1.807, 2.05) is 6.92 Å². The highest BCUT2D eigenvalue weighted by Crippen LogP contribution is 2.34. The monoisotopic (exact) mass is 259 g/mol. The smallest absolute Gasteiger partial charge is 0.309 e.